The number of halogens is 2. The summed E-state index contributed by atoms with van der Waals surface area (Å²) in [6, 6.07) is 3.27. The number of methoxy groups -OCH3 is 1. The Hall–Kier alpha value is -0.820. The molecule has 0 spiro atoms. The first-order valence-electron chi connectivity index (χ1n) is 4.83. The van der Waals surface area contributed by atoms with Crippen molar-refractivity contribution in [3.8, 4) is 0 Å². The second-order valence-electron chi connectivity index (χ2n) is 3.42. The highest BCUT2D eigenvalue weighted by Crippen LogP contribution is 2.28. The summed E-state index contributed by atoms with van der Waals surface area (Å²) in [6.07, 6.45) is 0. The van der Waals surface area contributed by atoms with Gasteiger partial charge in [-0.25, -0.2) is 8.42 Å². The largest absolute Gasteiger partial charge is 0.468 e. The molecule has 0 radical (unpaired) electrons. The molecule has 1 aromatic carbocycles. The maximum atomic E-state index is 12.0. The quantitative estimate of drug-likeness (QED) is 0.861. The highest BCUT2D eigenvalue weighted by molar-refractivity contribution is 7.89. The van der Waals surface area contributed by atoms with E-state index in [0.29, 0.717) is 0 Å². The zero-order valence-electron chi connectivity index (χ0n) is 9.61. The van der Waals surface area contributed by atoms with Gasteiger partial charge in [0.25, 0.3) is 0 Å². The Morgan fingerprint density at radius 1 is 1.33 bits per heavy atom. The Bertz CT molecular complexity index is 539. The molecule has 0 aliphatic rings. The standard InChI is InChI=1S/C10H11Cl2NO4S/c1-6(10(14)17-2)13-18(15,16)9-7(11)4-3-5-8(9)12/h3-6,13H,1-2H3. The molecule has 0 aliphatic carbocycles. The van der Waals surface area contributed by atoms with Crippen LogP contribution in [-0.4, -0.2) is 27.5 Å². The van der Waals surface area contributed by atoms with Gasteiger partial charge < -0.3 is 4.74 Å². The predicted octanol–water partition coefficient (Wildman–Crippen LogP) is 1.83. The maximum Gasteiger partial charge on any atom is 0.323 e. The smallest absolute Gasteiger partial charge is 0.323 e. The highest BCUT2D eigenvalue weighted by atomic mass is 35.5. The monoisotopic (exact) mass is 311 g/mol. The zero-order chi connectivity index (χ0) is 13.9. The summed E-state index contributed by atoms with van der Waals surface area (Å²) < 4.78 is 30.6. The number of carbonyl (C=O) groups excluding carboxylic acids is 1. The van der Waals surface area contributed by atoms with Crippen LogP contribution in [0.25, 0.3) is 0 Å². The van der Waals surface area contributed by atoms with Gasteiger partial charge >= 0.3 is 5.97 Å². The fraction of sp³-hybridized carbons (Fsp3) is 0.300. The third kappa shape index (κ3) is 3.35. The molecule has 0 amide bonds. The third-order valence-corrected chi connectivity index (χ3v) is 4.57. The van der Waals surface area contributed by atoms with Gasteiger partial charge in [-0.15, -0.1) is 0 Å². The summed E-state index contributed by atoms with van der Waals surface area (Å²) in [4.78, 5) is 10.9. The molecule has 100 valence electrons. The van der Waals surface area contributed by atoms with Crippen LogP contribution in [0.1, 0.15) is 6.92 Å². The molecule has 0 saturated carbocycles. The number of esters is 1. The van der Waals surface area contributed by atoms with Crippen molar-refractivity contribution in [3.05, 3.63) is 28.2 Å². The van der Waals surface area contributed by atoms with Crippen LogP contribution in [0.5, 0.6) is 0 Å². The summed E-state index contributed by atoms with van der Waals surface area (Å²) in [7, 11) is -2.83. The highest BCUT2D eigenvalue weighted by Gasteiger charge is 2.26. The molecular formula is C10H11Cl2NO4S. The van der Waals surface area contributed by atoms with E-state index in [1.54, 1.807) is 0 Å². The maximum absolute atomic E-state index is 12.0. The topological polar surface area (TPSA) is 72.5 Å². The molecular weight excluding hydrogens is 301 g/mol. The number of hydrogen-bond donors (Lipinski definition) is 1. The lowest BCUT2D eigenvalue weighted by Gasteiger charge is -2.13. The van der Waals surface area contributed by atoms with Gasteiger partial charge in [0.1, 0.15) is 10.9 Å². The number of rotatable bonds is 4. The van der Waals surface area contributed by atoms with Gasteiger partial charge in [0.15, 0.2) is 0 Å². The Labute approximate surface area is 115 Å². The van der Waals surface area contributed by atoms with Crippen LogP contribution in [0.4, 0.5) is 0 Å². The summed E-state index contributed by atoms with van der Waals surface area (Å²) in [6.45, 7) is 1.36. The van der Waals surface area contributed by atoms with E-state index >= 15 is 0 Å². The van der Waals surface area contributed by atoms with Gasteiger partial charge in [0.05, 0.1) is 17.2 Å². The molecule has 0 heterocycles. The Morgan fingerprint density at radius 2 is 1.83 bits per heavy atom. The van der Waals surface area contributed by atoms with E-state index in [2.05, 4.69) is 9.46 Å². The Kier molecular flexibility index (Phi) is 4.98. The molecule has 1 atom stereocenters. The lowest BCUT2D eigenvalue weighted by molar-refractivity contribution is -0.142. The third-order valence-electron chi connectivity index (χ3n) is 2.07. The first-order chi connectivity index (χ1) is 8.29. The van der Waals surface area contributed by atoms with Crippen LogP contribution in [0.3, 0.4) is 0 Å². The molecule has 5 nitrogen and oxygen atoms in total. The van der Waals surface area contributed by atoms with Crippen LogP contribution in [0.2, 0.25) is 10.0 Å². The molecule has 8 heteroatoms. The average Bonchev–Trinajstić information content (AvgIpc) is 2.26. The number of hydrogen-bond acceptors (Lipinski definition) is 4. The summed E-state index contributed by atoms with van der Waals surface area (Å²) in [5.41, 5.74) is 0. The van der Waals surface area contributed by atoms with E-state index in [1.165, 1.54) is 25.1 Å². The zero-order valence-corrected chi connectivity index (χ0v) is 11.9. The van der Waals surface area contributed by atoms with Gasteiger partial charge in [0, 0.05) is 0 Å². The summed E-state index contributed by atoms with van der Waals surface area (Å²) in [5, 5.41) is -0.0425. The molecule has 0 saturated heterocycles. The van der Waals surface area contributed by atoms with E-state index in [0.717, 1.165) is 7.11 Å². The second kappa shape index (κ2) is 5.88. The molecule has 1 unspecified atom stereocenters. The average molecular weight is 312 g/mol. The van der Waals surface area contributed by atoms with Crippen molar-refractivity contribution in [1.82, 2.24) is 4.72 Å². The Balaban J connectivity index is 3.12. The van der Waals surface area contributed by atoms with Crippen molar-refractivity contribution < 1.29 is 17.9 Å². The molecule has 0 fully saturated rings. The molecule has 1 rings (SSSR count). The van der Waals surface area contributed by atoms with Crippen molar-refractivity contribution >= 4 is 39.2 Å². The molecule has 1 aromatic rings. The number of benzene rings is 1. The van der Waals surface area contributed by atoms with Crippen LogP contribution < -0.4 is 4.72 Å². The number of ether oxygens (including phenoxy) is 1. The fourth-order valence-corrected chi connectivity index (χ4v) is 3.59. The normalized spacial score (nSPS) is 13.1. The van der Waals surface area contributed by atoms with Crippen LogP contribution in [-0.2, 0) is 19.6 Å². The van der Waals surface area contributed by atoms with Crippen molar-refractivity contribution in [3.63, 3.8) is 0 Å². The molecule has 18 heavy (non-hydrogen) atoms. The van der Waals surface area contributed by atoms with Gasteiger partial charge in [0.2, 0.25) is 10.0 Å². The fourth-order valence-electron chi connectivity index (χ4n) is 1.26. The van der Waals surface area contributed by atoms with Gasteiger partial charge in [-0.1, -0.05) is 29.3 Å². The van der Waals surface area contributed by atoms with Crippen molar-refractivity contribution in [2.45, 2.75) is 17.9 Å². The van der Waals surface area contributed by atoms with Crippen molar-refractivity contribution in [2.75, 3.05) is 7.11 Å². The molecule has 0 aliphatic heterocycles. The van der Waals surface area contributed by atoms with Crippen molar-refractivity contribution in [2.24, 2.45) is 0 Å². The van der Waals surface area contributed by atoms with Crippen molar-refractivity contribution in [1.29, 1.82) is 0 Å². The molecule has 0 bridgehead atoms. The number of carbonyl (C=O) groups is 1. The van der Waals surface area contributed by atoms with E-state index in [4.69, 9.17) is 23.2 Å². The number of nitrogens with one attached hydrogen (secondary N) is 1. The van der Waals surface area contributed by atoms with Crippen LogP contribution >= 0.6 is 23.2 Å². The first-order valence-corrected chi connectivity index (χ1v) is 7.07. The minimum atomic E-state index is -3.99. The van der Waals surface area contributed by atoms with Gasteiger partial charge in [-0.2, -0.15) is 4.72 Å². The van der Waals surface area contributed by atoms with Gasteiger partial charge in [-0.05, 0) is 19.1 Å². The van der Waals surface area contributed by atoms with E-state index in [1.807, 2.05) is 0 Å². The first kappa shape index (κ1) is 15.2. The summed E-state index contributed by atoms with van der Waals surface area (Å²) in [5.74, 6) is -0.707. The van der Waals surface area contributed by atoms with E-state index in [-0.39, 0.29) is 14.9 Å². The van der Waals surface area contributed by atoms with Gasteiger partial charge in [-0.3, -0.25) is 4.79 Å². The van der Waals surface area contributed by atoms with E-state index in [9.17, 15) is 13.2 Å². The second-order valence-corrected chi connectivity index (χ2v) is 5.88. The lowest BCUT2D eigenvalue weighted by atomic mass is 10.4. The molecule has 1 N–H and O–H groups in total. The minimum Gasteiger partial charge on any atom is -0.468 e. The van der Waals surface area contributed by atoms with Crippen LogP contribution in [0.15, 0.2) is 23.1 Å². The predicted molar refractivity (Wildman–Crippen MR) is 68.3 cm³/mol. The lowest BCUT2D eigenvalue weighted by Crippen LogP contribution is -2.39. The van der Waals surface area contributed by atoms with Crippen LogP contribution in [0, 0.1) is 0 Å². The number of sulfonamides is 1. The SMILES string of the molecule is COC(=O)C(C)NS(=O)(=O)c1c(Cl)cccc1Cl. The Morgan fingerprint density at radius 3 is 2.28 bits per heavy atom. The minimum absolute atomic E-state index is 0.0212. The molecule has 0 aromatic heterocycles. The van der Waals surface area contributed by atoms with E-state index < -0.39 is 22.0 Å². The summed E-state index contributed by atoms with van der Waals surface area (Å²) >= 11 is 11.6.